The molecule has 0 fully saturated rings. The summed E-state index contributed by atoms with van der Waals surface area (Å²) in [6.07, 6.45) is 1.54. The fraction of sp³-hybridized carbons (Fsp3) is 0.231. The number of aliphatic carboxylic acids is 1. The molecular weight excluding hydrogens is 289 g/mol. The fourth-order valence-electron chi connectivity index (χ4n) is 1.41. The molecule has 1 aromatic carbocycles. The van der Waals surface area contributed by atoms with Crippen molar-refractivity contribution in [3.05, 3.63) is 46.0 Å². The Bertz CT molecular complexity index is 486. The van der Waals surface area contributed by atoms with Crippen LogP contribution < -0.4 is 5.32 Å². The van der Waals surface area contributed by atoms with Gasteiger partial charge in [0.25, 0.3) is 5.91 Å². The highest BCUT2D eigenvalue weighted by atomic mass is 35.5. The van der Waals surface area contributed by atoms with Crippen molar-refractivity contribution in [3.8, 4) is 0 Å². The Balaban J connectivity index is 2.36. The minimum Gasteiger partial charge on any atom is -0.477 e. The number of amides is 1. The summed E-state index contributed by atoms with van der Waals surface area (Å²) in [6, 6.07) is 9.82. The first kappa shape index (κ1) is 15.5. The molecule has 0 saturated heterocycles. The highest BCUT2D eigenvalue weighted by Gasteiger charge is 2.16. The van der Waals surface area contributed by atoms with E-state index in [1.54, 1.807) is 0 Å². The minimum atomic E-state index is -1.42. The van der Waals surface area contributed by atoms with Gasteiger partial charge >= 0.3 is 5.97 Å². The summed E-state index contributed by atoms with van der Waals surface area (Å²) in [6.45, 7) is 0.397. The van der Waals surface area contributed by atoms with Crippen molar-refractivity contribution in [2.24, 2.45) is 0 Å². The van der Waals surface area contributed by atoms with Crippen molar-refractivity contribution in [2.75, 3.05) is 6.54 Å². The van der Waals surface area contributed by atoms with Crippen LogP contribution in [0.5, 0.6) is 0 Å². The number of halogens is 2. The van der Waals surface area contributed by atoms with E-state index in [-0.39, 0.29) is 0 Å². The van der Waals surface area contributed by atoms with Gasteiger partial charge in [0.2, 0.25) is 0 Å². The largest absolute Gasteiger partial charge is 0.477 e. The molecule has 0 aliphatic heterocycles. The number of hydrogen-bond donors (Lipinski definition) is 2. The summed E-state index contributed by atoms with van der Waals surface area (Å²) >= 11 is 10.9. The number of carboxylic acid groups (broad SMARTS) is 1. The maximum atomic E-state index is 11.5. The number of rotatable bonds is 6. The number of carbonyl (C=O) groups excluding carboxylic acids is 1. The summed E-state index contributed by atoms with van der Waals surface area (Å²) < 4.78 is 0. The summed E-state index contributed by atoms with van der Waals surface area (Å²) in [5.41, 5.74) is 1.17. The number of aryl methyl sites for hydroxylation is 1. The Labute approximate surface area is 121 Å². The van der Waals surface area contributed by atoms with Crippen molar-refractivity contribution in [3.63, 3.8) is 0 Å². The van der Waals surface area contributed by atoms with E-state index in [0.717, 1.165) is 12.8 Å². The predicted molar refractivity (Wildman–Crippen MR) is 74.1 cm³/mol. The van der Waals surface area contributed by atoms with Gasteiger partial charge in [0.1, 0.15) is 10.1 Å². The van der Waals surface area contributed by atoms with Gasteiger partial charge in [0, 0.05) is 6.54 Å². The maximum Gasteiger partial charge on any atom is 0.349 e. The fourth-order valence-corrected chi connectivity index (χ4v) is 1.64. The first-order valence-electron chi connectivity index (χ1n) is 5.63. The average molecular weight is 302 g/mol. The van der Waals surface area contributed by atoms with Crippen LogP contribution >= 0.6 is 23.2 Å². The minimum absolute atomic E-state index is 0.397. The van der Waals surface area contributed by atoms with Crippen LogP contribution in [-0.2, 0) is 16.0 Å². The normalized spacial score (nSPS) is 11.7. The second kappa shape index (κ2) is 7.81. The lowest BCUT2D eigenvalue weighted by Crippen LogP contribution is -2.25. The molecule has 1 amide bonds. The molecular formula is C13H13Cl2NO3. The lowest BCUT2D eigenvalue weighted by atomic mass is 10.1. The topological polar surface area (TPSA) is 66.4 Å². The zero-order chi connectivity index (χ0) is 14.3. The molecule has 0 aliphatic rings. The highest BCUT2D eigenvalue weighted by Crippen LogP contribution is 2.14. The van der Waals surface area contributed by atoms with Gasteiger partial charge in [-0.15, -0.1) is 0 Å². The number of carboxylic acids is 1. The molecule has 4 nitrogen and oxygen atoms in total. The summed E-state index contributed by atoms with van der Waals surface area (Å²) in [5, 5.41) is 9.90. The van der Waals surface area contributed by atoms with Crippen LogP contribution in [0.4, 0.5) is 0 Å². The second-order valence-electron chi connectivity index (χ2n) is 3.78. The van der Waals surface area contributed by atoms with Gasteiger partial charge in [0.05, 0.1) is 0 Å². The molecule has 6 heteroatoms. The van der Waals surface area contributed by atoms with E-state index in [1.807, 2.05) is 30.3 Å². The molecule has 0 aliphatic carbocycles. The molecule has 1 rings (SSSR count). The second-order valence-corrected chi connectivity index (χ2v) is 4.53. The third-order valence-corrected chi connectivity index (χ3v) is 3.16. The lowest BCUT2D eigenvalue weighted by molar-refractivity contribution is -0.132. The van der Waals surface area contributed by atoms with Gasteiger partial charge < -0.3 is 10.4 Å². The maximum absolute atomic E-state index is 11.5. The van der Waals surface area contributed by atoms with E-state index in [9.17, 15) is 9.59 Å². The quantitative estimate of drug-likeness (QED) is 0.627. The van der Waals surface area contributed by atoms with E-state index in [1.165, 1.54) is 5.56 Å². The first-order chi connectivity index (χ1) is 9.02. The third-order valence-electron chi connectivity index (χ3n) is 2.35. The van der Waals surface area contributed by atoms with Crippen molar-refractivity contribution in [1.82, 2.24) is 5.32 Å². The number of benzene rings is 1. The first-order valence-corrected chi connectivity index (χ1v) is 6.38. The number of nitrogens with one attached hydrogen (secondary N) is 1. The monoisotopic (exact) mass is 301 g/mol. The summed E-state index contributed by atoms with van der Waals surface area (Å²) in [4.78, 5) is 22.0. The zero-order valence-corrected chi connectivity index (χ0v) is 11.5. The molecule has 0 atom stereocenters. The third kappa shape index (κ3) is 5.32. The van der Waals surface area contributed by atoms with Crippen molar-refractivity contribution in [2.45, 2.75) is 12.8 Å². The average Bonchev–Trinajstić information content (AvgIpc) is 2.42. The van der Waals surface area contributed by atoms with Crippen molar-refractivity contribution in [1.29, 1.82) is 0 Å². The van der Waals surface area contributed by atoms with Gasteiger partial charge in [-0.05, 0) is 18.4 Å². The van der Waals surface area contributed by atoms with Gasteiger partial charge in [-0.2, -0.15) is 0 Å². The van der Waals surface area contributed by atoms with E-state index < -0.39 is 21.9 Å². The highest BCUT2D eigenvalue weighted by molar-refractivity contribution is 6.53. The molecule has 1 aromatic rings. The van der Waals surface area contributed by atoms with E-state index in [2.05, 4.69) is 5.32 Å². The van der Waals surface area contributed by atoms with Gasteiger partial charge in [-0.3, -0.25) is 4.79 Å². The predicted octanol–water partition coefficient (Wildman–Crippen LogP) is 2.51. The Morgan fingerprint density at radius 3 is 2.32 bits per heavy atom. The molecule has 0 saturated carbocycles. The van der Waals surface area contributed by atoms with Crippen LogP contribution in [0.1, 0.15) is 12.0 Å². The van der Waals surface area contributed by atoms with Crippen LogP contribution in [0, 0.1) is 0 Å². The Hall–Kier alpha value is -1.52. The Morgan fingerprint density at radius 1 is 1.11 bits per heavy atom. The molecule has 0 heterocycles. The van der Waals surface area contributed by atoms with Crippen LogP contribution in [0.15, 0.2) is 40.4 Å². The molecule has 2 N–H and O–H groups in total. The molecule has 0 spiro atoms. The van der Waals surface area contributed by atoms with E-state index >= 15 is 0 Å². The molecule has 19 heavy (non-hydrogen) atoms. The summed E-state index contributed by atoms with van der Waals surface area (Å²) in [5.74, 6) is -2.10. The standard InChI is InChI=1S/C13H13Cl2NO3/c14-10(11(15)13(18)19)12(17)16-8-4-7-9-5-2-1-3-6-9/h1-3,5-6H,4,7-8H2,(H,16,17)(H,18,19)/b11-10-. The zero-order valence-electron chi connectivity index (χ0n) is 10.0. The Morgan fingerprint density at radius 2 is 1.74 bits per heavy atom. The molecule has 0 unspecified atom stereocenters. The Kier molecular flexibility index (Phi) is 6.39. The van der Waals surface area contributed by atoms with Crippen molar-refractivity contribution < 1.29 is 14.7 Å². The summed E-state index contributed by atoms with van der Waals surface area (Å²) in [7, 11) is 0. The van der Waals surface area contributed by atoms with Gasteiger partial charge in [-0.1, -0.05) is 53.5 Å². The molecule has 0 aromatic heterocycles. The molecule has 0 radical (unpaired) electrons. The number of carbonyl (C=O) groups is 2. The van der Waals surface area contributed by atoms with Crippen LogP contribution in [0.25, 0.3) is 0 Å². The van der Waals surface area contributed by atoms with E-state index in [4.69, 9.17) is 28.3 Å². The van der Waals surface area contributed by atoms with Gasteiger partial charge in [0.15, 0.2) is 0 Å². The molecule has 102 valence electrons. The van der Waals surface area contributed by atoms with Crippen molar-refractivity contribution >= 4 is 35.1 Å². The van der Waals surface area contributed by atoms with Crippen LogP contribution in [0.3, 0.4) is 0 Å². The molecule has 0 bridgehead atoms. The van der Waals surface area contributed by atoms with E-state index in [0.29, 0.717) is 6.54 Å². The van der Waals surface area contributed by atoms with Crippen LogP contribution in [-0.4, -0.2) is 23.5 Å². The SMILES string of the molecule is O=C(O)/C(Cl)=C(/Cl)C(=O)NCCCc1ccccc1. The van der Waals surface area contributed by atoms with Gasteiger partial charge in [-0.25, -0.2) is 4.79 Å². The number of hydrogen-bond acceptors (Lipinski definition) is 2. The smallest absolute Gasteiger partial charge is 0.349 e. The lowest BCUT2D eigenvalue weighted by Gasteiger charge is -2.05. The van der Waals surface area contributed by atoms with Crippen LogP contribution in [0.2, 0.25) is 0 Å².